The molecule has 2 amide bonds. The van der Waals surface area contributed by atoms with Crippen LogP contribution in [0.5, 0.6) is 0 Å². The summed E-state index contributed by atoms with van der Waals surface area (Å²) in [5.74, 6) is 1.59. The number of nitrogens with zero attached hydrogens (tertiary/aromatic N) is 5. The topological polar surface area (TPSA) is 71.3 Å². The zero-order valence-electron chi connectivity index (χ0n) is 14.8. The molecular formula is C19H20BrN5O2. The van der Waals surface area contributed by atoms with Crippen LogP contribution in [0, 0.1) is 5.92 Å². The Labute approximate surface area is 165 Å². The first kappa shape index (κ1) is 17.9. The summed E-state index contributed by atoms with van der Waals surface area (Å²) in [7, 11) is 0. The maximum absolute atomic E-state index is 12.7. The number of benzene rings is 1. The number of aromatic nitrogens is 3. The van der Waals surface area contributed by atoms with Crippen molar-refractivity contribution in [1.82, 2.24) is 24.6 Å². The van der Waals surface area contributed by atoms with Crippen molar-refractivity contribution in [3.8, 4) is 0 Å². The molecule has 3 heterocycles. The Kier molecular flexibility index (Phi) is 4.82. The molecular weight excluding hydrogens is 410 g/mol. The largest absolute Gasteiger partial charge is 0.337 e. The van der Waals surface area contributed by atoms with E-state index in [2.05, 4.69) is 49.4 Å². The van der Waals surface area contributed by atoms with Gasteiger partial charge in [-0.25, -0.2) is 0 Å². The molecule has 4 rings (SSSR count). The van der Waals surface area contributed by atoms with Gasteiger partial charge in [0.1, 0.15) is 5.82 Å². The van der Waals surface area contributed by atoms with Crippen molar-refractivity contribution in [2.75, 3.05) is 19.6 Å². The summed E-state index contributed by atoms with van der Waals surface area (Å²) in [5.41, 5.74) is 1.17. The van der Waals surface area contributed by atoms with Crippen LogP contribution >= 0.6 is 15.9 Å². The van der Waals surface area contributed by atoms with Crippen LogP contribution in [0.4, 0.5) is 0 Å². The van der Waals surface area contributed by atoms with Gasteiger partial charge in [0.15, 0.2) is 5.82 Å². The number of hydrogen-bond acceptors (Lipinski definition) is 4. The van der Waals surface area contributed by atoms with E-state index >= 15 is 0 Å². The first-order valence-corrected chi connectivity index (χ1v) is 9.70. The third kappa shape index (κ3) is 3.53. The monoisotopic (exact) mass is 429 g/mol. The highest BCUT2D eigenvalue weighted by Gasteiger charge is 2.38. The van der Waals surface area contributed by atoms with Crippen LogP contribution in [-0.4, -0.2) is 56.0 Å². The number of amides is 2. The molecule has 27 heavy (non-hydrogen) atoms. The molecule has 7 nitrogen and oxygen atoms in total. The lowest BCUT2D eigenvalue weighted by Crippen LogP contribution is -2.56. The van der Waals surface area contributed by atoms with E-state index in [9.17, 15) is 9.59 Å². The van der Waals surface area contributed by atoms with Crippen LogP contribution in [-0.2, 0) is 29.1 Å². The molecule has 0 unspecified atom stereocenters. The van der Waals surface area contributed by atoms with E-state index in [0.717, 1.165) is 16.1 Å². The fourth-order valence-corrected chi connectivity index (χ4v) is 4.02. The van der Waals surface area contributed by atoms with Crippen LogP contribution in [0.3, 0.4) is 0 Å². The maximum Gasteiger partial charge on any atom is 0.246 e. The molecule has 2 aromatic rings. The van der Waals surface area contributed by atoms with Crippen molar-refractivity contribution < 1.29 is 9.59 Å². The average Bonchev–Trinajstić information content (AvgIpc) is 3.02. The summed E-state index contributed by atoms with van der Waals surface area (Å²) in [6, 6.07) is 8.15. The van der Waals surface area contributed by atoms with Crippen molar-refractivity contribution in [2.24, 2.45) is 5.92 Å². The molecule has 1 aromatic carbocycles. The number of halogens is 1. The highest BCUT2D eigenvalue weighted by atomic mass is 79.9. The van der Waals surface area contributed by atoms with Gasteiger partial charge in [0.25, 0.3) is 0 Å². The van der Waals surface area contributed by atoms with Crippen molar-refractivity contribution in [1.29, 1.82) is 0 Å². The van der Waals surface area contributed by atoms with Crippen molar-refractivity contribution in [2.45, 2.75) is 19.5 Å². The number of carbonyl (C=O) groups is 2. The predicted octanol–water partition coefficient (Wildman–Crippen LogP) is 1.62. The SMILES string of the molecule is C=CC(=O)N1CC(C(=O)N2CCn3c(Cc4cccc(Br)c4)nnc3C2)C1. The molecule has 0 aliphatic carbocycles. The third-order valence-corrected chi connectivity index (χ3v) is 5.60. The van der Waals surface area contributed by atoms with E-state index in [1.54, 1.807) is 4.90 Å². The lowest BCUT2D eigenvalue weighted by atomic mass is 9.98. The highest BCUT2D eigenvalue weighted by molar-refractivity contribution is 9.10. The van der Waals surface area contributed by atoms with Crippen LogP contribution in [0.2, 0.25) is 0 Å². The molecule has 0 saturated carbocycles. The average molecular weight is 430 g/mol. The van der Waals surface area contributed by atoms with Gasteiger partial charge in [0.05, 0.1) is 12.5 Å². The van der Waals surface area contributed by atoms with Gasteiger partial charge in [-0.05, 0) is 23.8 Å². The lowest BCUT2D eigenvalue weighted by molar-refractivity contribution is -0.147. The minimum absolute atomic E-state index is 0.0888. The van der Waals surface area contributed by atoms with Gasteiger partial charge in [0.2, 0.25) is 11.8 Å². The Hall–Kier alpha value is -2.48. The molecule has 1 saturated heterocycles. The number of rotatable bonds is 4. The Morgan fingerprint density at radius 1 is 1.22 bits per heavy atom. The molecule has 8 heteroatoms. The van der Waals surface area contributed by atoms with Crippen LogP contribution in [0.25, 0.3) is 0 Å². The minimum Gasteiger partial charge on any atom is -0.337 e. The van der Waals surface area contributed by atoms with Crippen LogP contribution < -0.4 is 0 Å². The molecule has 0 radical (unpaired) electrons. The Balaban J connectivity index is 1.40. The number of carbonyl (C=O) groups excluding carboxylic acids is 2. The second kappa shape index (κ2) is 7.26. The highest BCUT2D eigenvalue weighted by Crippen LogP contribution is 2.22. The summed E-state index contributed by atoms with van der Waals surface area (Å²) in [6.07, 6.45) is 2.00. The molecule has 0 bridgehead atoms. The lowest BCUT2D eigenvalue weighted by Gasteiger charge is -2.40. The maximum atomic E-state index is 12.7. The van der Waals surface area contributed by atoms with Gasteiger partial charge in [-0.15, -0.1) is 10.2 Å². The molecule has 1 fully saturated rings. The van der Waals surface area contributed by atoms with E-state index < -0.39 is 0 Å². The molecule has 2 aliphatic rings. The van der Waals surface area contributed by atoms with E-state index in [-0.39, 0.29) is 17.7 Å². The van der Waals surface area contributed by atoms with Gasteiger partial charge >= 0.3 is 0 Å². The van der Waals surface area contributed by atoms with Crippen LogP contribution in [0.1, 0.15) is 17.2 Å². The van der Waals surface area contributed by atoms with Gasteiger partial charge < -0.3 is 14.4 Å². The number of likely N-dealkylation sites (tertiary alicyclic amines) is 1. The standard InChI is InChI=1S/C19H20BrN5O2/c1-2-18(26)24-10-14(11-24)19(27)23-6-7-25-16(21-22-17(25)12-23)9-13-4-3-5-15(20)8-13/h2-5,8,14H,1,6-7,9-12H2. The van der Waals surface area contributed by atoms with Crippen molar-refractivity contribution >= 4 is 27.7 Å². The Bertz CT molecular complexity index is 903. The molecule has 0 atom stereocenters. The quantitative estimate of drug-likeness (QED) is 0.692. The van der Waals surface area contributed by atoms with E-state index in [4.69, 9.17) is 0 Å². The van der Waals surface area contributed by atoms with E-state index in [1.165, 1.54) is 11.6 Å². The Morgan fingerprint density at radius 3 is 2.78 bits per heavy atom. The Morgan fingerprint density at radius 2 is 2.04 bits per heavy atom. The van der Waals surface area contributed by atoms with E-state index in [1.807, 2.05) is 17.0 Å². The molecule has 140 valence electrons. The van der Waals surface area contributed by atoms with Gasteiger partial charge in [-0.1, -0.05) is 34.6 Å². The molecule has 0 N–H and O–H groups in total. The van der Waals surface area contributed by atoms with Gasteiger partial charge in [0, 0.05) is 37.1 Å². The number of fused-ring (bicyclic) bond motifs is 1. The molecule has 2 aliphatic heterocycles. The van der Waals surface area contributed by atoms with Crippen molar-refractivity contribution in [3.05, 3.63) is 58.6 Å². The third-order valence-electron chi connectivity index (χ3n) is 5.11. The predicted molar refractivity (Wildman–Crippen MR) is 103 cm³/mol. The number of hydrogen-bond donors (Lipinski definition) is 0. The second-order valence-corrected chi connectivity index (χ2v) is 7.81. The minimum atomic E-state index is -0.121. The summed E-state index contributed by atoms with van der Waals surface area (Å²) in [6.45, 7) is 6.23. The first-order valence-electron chi connectivity index (χ1n) is 8.90. The zero-order valence-corrected chi connectivity index (χ0v) is 16.4. The normalized spacial score (nSPS) is 16.6. The van der Waals surface area contributed by atoms with Gasteiger partial charge in [-0.2, -0.15) is 0 Å². The van der Waals surface area contributed by atoms with E-state index in [0.29, 0.717) is 39.1 Å². The smallest absolute Gasteiger partial charge is 0.246 e. The fourth-order valence-electron chi connectivity index (χ4n) is 3.57. The summed E-state index contributed by atoms with van der Waals surface area (Å²) in [5, 5.41) is 8.63. The first-order chi connectivity index (χ1) is 13.0. The van der Waals surface area contributed by atoms with Crippen molar-refractivity contribution in [3.63, 3.8) is 0 Å². The van der Waals surface area contributed by atoms with Crippen LogP contribution in [0.15, 0.2) is 41.4 Å². The summed E-state index contributed by atoms with van der Waals surface area (Å²) < 4.78 is 3.15. The zero-order chi connectivity index (χ0) is 19.0. The fraction of sp³-hybridized carbons (Fsp3) is 0.368. The molecule has 0 spiro atoms. The summed E-state index contributed by atoms with van der Waals surface area (Å²) in [4.78, 5) is 27.7. The van der Waals surface area contributed by atoms with Gasteiger partial charge in [-0.3, -0.25) is 9.59 Å². The summed E-state index contributed by atoms with van der Waals surface area (Å²) >= 11 is 3.49. The second-order valence-electron chi connectivity index (χ2n) is 6.89. The molecule has 1 aromatic heterocycles.